The van der Waals surface area contributed by atoms with E-state index >= 15 is 0 Å². The second-order valence-corrected chi connectivity index (χ2v) is 10.7. The van der Waals surface area contributed by atoms with Gasteiger partial charge in [0.1, 0.15) is 11.5 Å². The summed E-state index contributed by atoms with van der Waals surface area (Å²) in [5.74, 6) is 0.872. The number of amides is 2. The predicted molar refractivity (Wildman–Crippen MR) is 163 cm³/mol. The highest BCUT2D eigenvalue weighted by Crippen LogP contribution is 2.27. The summed E-state index contributed by atoms with van der Waals surface area (Å²) >= 11 is 1.25. The fourth-order valence-electron chi connectivity index (χ4n) is 4.38. The summed E-state index contributed by atoms with van der Waals surface area (Å²) in [4.78, 5) is 44.3. The molecule has 0 aliphatic carbocycles. The van der Waals surface area contributed by atoms with Crippen LogP contribution in [0.5, 0.6) is 5.75 Å². The minimum Gasteiger partial charge on any atom is -0.497 e. The number of methoxy groups -OCH3 is 1. The Kier molecular flexibility index (Phi) is 9.03. The molecule has 0 aliphatic heterocycles. The molecule has 2 amide bonds. The highest BCUT2D eigenvalue weighted by Gasteiger charge is 2.22. The van der Waals surface area contributed by atoms with Crippen molar-refractivity contribution in [3.8, 4) is 5.75 Å². The Morgan fingerprint density at radius 1 is 1.02 bits per heavy atom. The van der Waals surface area contributed by atoms with Gasteiger partial charge in [-0.2, -0.15) is 0 Å². The summed E-state index contributed by atoms with van der Waals surface area (Å²) in [6, 6.07) is 24.9. The van der Waals surface area contributed by atoms with Crippen molar-refractivity contribution >= 4 is 40.2 Å². The molecule has 2 aromatic heterocycles. The SMILES string of the molecule is CC[C@H](Sc1nc2ccccc2c(=O)n1Cc1ccc(C(=O)NCc2ccco2)cc1)C(=O)Nc1cccc(OC)c1. The van der Waals surface area contributed by atoms with Crippen LogP contribution in [-0.2, 0) is 17.9 Å². The maximum absolute atomic E-state index is 13.6. The number of carbonyl (C=O) groups is 2. The first-order valence-electron chi connectivity index (χ1n) is 13.5. The van der Waals surface area contributed by atoms with Gasteiger partial charge in [-0.15, -0.1) is 0 Å². The molecule has 2 N–H and O–H groups in total. The van der Waals surface area contributed by atoms with E-state index in [9.17, 15) is 14.4 Å². The number of hydrogen-bond acceptors (Lipinski definition) is 7. The van der Waals surface area contributed by atoms with E-state index in [-0.39, 0.29) is 30.5 Å². The zero-order valence-corrected chi connectivity index (χ0v) is 24.0. The molecule has 9 nitrogen and oxygen atoms in total. The first kappa shape index (κ1) is 28.7. The Balaban J connectivity index is 1.38. The number of carbonyl (C=O) groups excluding carboxylic acids is 2. The second-order valence-electron chi connectivity index (χ2n) is 9.50. The number of benzene rings is 3. The number of furan rings is 1. The van der Waals surface area contributed by atoms with Crippen molar-refractivity contribution in [2.24, 2.45) is 0 Å². The Hall–Kier alpha value is -4.83. The van der Waals surface area contributed by atoms with Crippen LogP contribution in [0.1, 0.15) is 35.0 Å². The molecule has 3 aromatic carbocycles. The number of nitrogens with one attached hydrogen (secondary N) is 2. The van der Waals surface area contributed by atoms with Crippen molar-refractivity contribution in [2.45, 2.75) is 36.8 Å². The average molecular weight is 583 g/mol. The van der Waals surface area contributed by atoms with Crippen LogP contribution in [0, 0.1) is 0 Å². The smallest absolute Gasteiger partial charge is 0.262 e. The molecule has 0 fully saturated rings. The quantitative estimate of drug-likeness (QED) is 0.156. The molecular weight excluding hydrogens is 552 g/mol. The summed E-state index contributed by atoms with van der Waals surface area (Å²) in [5.41, 5.74) is 2.28. The Labute approximate surface area is 246 Å². The minimum atomic E-state index is -0.504. The third-order valence-corrected chi connectivity index (χ3v) is 7.99. The standard InChI is InChI=1S/C32H30N4O5S/c1-3-28(30(38)34-23-8-6-9-24(18-23)40-2)42-32-35-27-12-5-4-11-26(27)31(39)36(32)20-21-13-15-22(16-14-21)29(37)33-19-25-10-7-17-41-25/h4-18,28H,3,19-20H2,1-2H3,(H,33,37)(H,34,38)/t28-/m0/s1. The molecular formula is C32H30N4O5S. The molecule has 1 atom stereocenters. The number of para-hydroxylation sites is 1. The number of nitrogens with zero attached hydrogens (tertiary/aromatic N) is 2. The lowest BCUT2D eigenvalue weighted by Crippen LogP contribution is -2.28. The molecule has 2 heterocycles. The van der Waals surface area contributed by atoms with Crippen molar-refractivity contribution in [3.63, 3.8) is 0 Å². The van der Waals surface area contributed by atoms with Crippen LogP contribution >= 0.6 is 11.8 Å². The monoisotopic (exact) mass is 582 g/mol. The summed E-state index contributed by atoms with van der Waals surface area (Å²) in [6.45, 7) is 2.43. The highest BCUT2D eigenvalue weighted by molar-refractivity contribution is 8.00. The minimum absolute atomic E-state index is 0.199. The van der Waals surface area contributed by atoms with E-state index in [0.717, 1.165) is 5.56 Å². The fourth-order valence-corrected chi connectivity index (χ4v) is 5.39. The van der Waals surface area contributed by atoms with E-state index in [0.29, 0.717) is 45.2 Å². The lowest BCUT2D eigenvalue weighted by atomic mass is 10.1. The zero-order chi connectivity index (χ0) is 29.5. The third kappa shape index (κ3) is 6.72. The van der Waals surface area contributed by atoms with Gasteiger partial charge in [0, 0.05) is 17.3 Å². The Morgan fingerprint density at radius 3 is 2.57 bits per heavy atom. The van der Waals surface area contributed by atoms with Gasteiger partial charge in [-0.25, -0.2) is 4.98 Å². The largest absolute Gasteiger partial charge is 0.497 e. The van der Waals surface area contributed by atoms with E-state index in [1.165, 1.54) is 11.8 Å². The van der Waals surface area contributed by atoms with Crippen LogP contribution in [0.3, 0.4) is 0 Å². The number of hydrogen-bond donors (Lipinski definition) is 2. The number of anilines is 1. The second kappa shape index (κ2) is 13.2. The summed E-state index contributed by atoms with van der Waals surface area (Å²) < 4.78 is 12.1. The summed E-state index contributed by atoms with van der Waals surface area (Å²) in [7, 11) is 1.57. The van der Waals surface area contributed by atoms with Crippen molar-refractivity contribution in [1.29, 1.82) is 0 Å². The van der Waals surface area contributed by atoms with E-state index < -0.39 is 5.25 Å². The van der Waals surface area contributed by atoms with E-state index in [1.54, 1.807) is 84.7 Å². The number of rotatable bonds is 11. The first-order valence-corrected chi connectivity index (χ1v) is 14.3. The van der Waals surface area contributed by atoms with Crippen molar-refractivity contribution in [1.82, 2.24) is 14.9 Å². The molecule has 5 aromatic rings. The fraction of sp³-hybridized carbons (Fsp3) is 0.188. The molecule has 0 unspecified atom stereocenters. The predicted octanol–water partition coefficient (Wildman–Crippen LogP) is 5.49. The lowest BCUT2D eigenvalue weighted by Gasteiger charge is -2.18. The molecule has 0 radical (unpaired) electrons. The van der Waals surface area contributed by atoms with Crippen LogP contribution in [0.4, 0.5) is 5.69 Å². The maximum atomic E-state index is 13.6. The normalized spacial score (nSPS) is 11.7. The van der Waals surface area contributed by atoms with Crippen LogP contribution in [0.2, 0.25) is 0 Å². The van der Waals surface area contributed by atoms with Gasteiger partial charge in [0.15, 0.2) is 5.16 Å². The lowest BCUT2D eigenvalue weighted by molar-refractivity contribution is -0.115. The van der Waals surface area contributed by atoms with E-state index in [4.69, 9.17) is 14.1 Å². The Bertz CT molecular complexity index is 1750. The van der Waals surface area contributed by atoms with Crippen LogP contribution in [0.15, 0.2) is 106 Å². The van der Waals surface area contributed by atoms with Gasteiger partial charge in [-0.3, -0.25) is 19.0 Å². The van der Waals surface area contributed by atoms with Crippen LogP contribution < -0.4 is 20.9 Å². The van der Waals surface area contributed by atoms with Gasteiger partial charge in [-0.05, 0) is 60.5 Å². The van der Waals surface area contributed by atoms with Crippen molar-refractivity contribution in [2.75, 3.05) is 12.4 Å². The van der Waals surface area contributed by atoms with Gasteiger partial charge in [0.25, 0.3) is 11.5 Å². The van der Waals surface area contributed by atoms with Crippen molar-refractivity contribution < 1.29 is 18.7 Å². The maximum Gasteiger partial charge on any atom is 0.262 e. The molecule has 42 heavy (non-hydrogen) atoms. The van der Waals surface area contributed by atoms with Gasteiger partial charge < -0.3 is 19.8 Å². The summed E-state index contributed by atoms with van der Waals surface area (Å²) in [6.07, 6.45) is 2.08. The van der Waals surface area contributed by atoms with Crippen LogP contribution in [-0.4, -0.2) is 33.7 Å². The number of thioether (sulfide) groups is 1. The van der Waals surface area contributed by atoms with Crippen LogP contribution in [0.25, 0.3) is 10.9 Å². The molecule has 0 saturated heterocycles. The first-order chi connectivity index (χ1) is 20.4. The van der Waals surface area contributed by atoms with Crippen molar-refractivity contribution in [3.05, 3.63) is 118 Å². The van der Waals surface area contributed by atoms with Gasteiger partial charge >= 0.3 is 0 Å². The highest BCUT2D eigenvalue weighted by atomic mass is 32.2. The summed E-state index contributed by atoms with van der Waals surface area (Å²) in [5, 5.41) is 6.19. The molecule has 5 rings (SSSR count). The number of ether oxygens (including phenoxy) is 1. The topological polar surface area (TPSA) is 115 Å². The molecule has 0 saturated carbocycles. The number of fused-ring (bicyclic) bond motifs is 1. The van der Waals surface area contributed by atoms with Gasteiger partial charge in [0.05, 0.1) is 42.6 Å². The third-order valence-electron chi connectivity index (χ3n) is 6.63. The average Bonchev–Trinajstić information content (AvgIpc) is 3.54. The molecule has 0 aliphatic rings. The molecule has 0 bridgehead atoms. The van der Waals surface area contributed by atoms with E-state index in [2.05, 4.69) is 10.6 Å². The van der Waals surface area contributed by atoms with Gasteiger partial charge in [-0.1, -0.05) is 49.0 Å². The molecule has 214 valence electrons. The number of aromatic nitrogens is 2. The zero-order valence-electron chi connectivity index (χ0n) is 23.2. The van der Waals surface area contributed by atoms with E-state index in [1.807, 2.05) is 25.1 Å². The molecule has 10 heteroatoms. The van der Waals surface area contributed by atoms with Gasteiger partial charge in [0.2, 0.25) is 5.91 Å². The Morgan fingerprint density at radius 2 is 1.83 bits per heavy atom. The molecule has 0 spiro atoms.